The summed E-state index contributed by atoms with van der Waals surface area (Å²) >= 11 is 0. The fourth-order valence-corrected chi connectivity index (χ4v) is 2.42. The van der Waals surface area contributed by atoms with Crippen molar-refractivity contribution in [2.24, 2.45) is 0 Å². The molecule has 0 radical (unpaired) electrons. The number of phenolic OH excluding ortho intramolecular Hbond substituents is 1. The van der Waals surface area contributed by atoms with Crippen LogP contribution in [0, 0.1) is 0 Å². The van der Waals surface area contributed by atoms with Gasteiger partial charge in [-0.25, -0.2) is 0 Å². The molecule has 1 N–H and O–H groups in total. The molecule has 5 nitrogen and oxygen atoms in total. The third-order valence-corrected chi connectivity index (χ3v) is 3.54. The standard InChI is InChI=1S/C18H16O5/c1-3-22-12-6-4-11(5-7-12)14-10-23-16-9-13(21-2)8-15(19)17(16)18(14)20/h4-10,19H,3H2,1-2H3. The lowest BCUT2D eigenvalue weighted by atomic mass is 10.0. The molecule has 0 atom stereocenters. The molecule has 3 rings (SSSR count). The summed E-state index contributed by atoms with van der Waals surface area (Å²) < 4.78 is 16.0. The lowest BCUT2D eigenvalue weighted by Crippen LogP contribution is -2.05. The maximum atomic E-state index is 12.7. The molecule has 0 aliphatic rings. The number of fused-ring (bicyclic) bond motifs is 1. The smallest absolute Gasteiger partial charge is 0.204 e. The summed E-state index contributed by atoms with van der Waals surface area (Å²) in [5.74, 6) is 0.988. The third-order valence-electron chi connectivity index (χ3n) is 3.54. The molecule has 3 aromatic rings. The van der Waals surface area contributed by atoms with E-state index in [2.05, 4.69) is 0 Å². The van der Waals surface area contributed by atoms with Crippen molar-refractivity contribution in [3.05, 3.63) is 52.9 Å². The van der Waals surface area contributed by atoms with Gasteiger partial charge in [-0.2, -0.15) is 0 Å². The first-order valence-corrected chi connectivity index (χ1v) is 7.19. The van der Waals surface area contributed by atoms with Crippen molar-refractivity contribution in [2.75, 3.05) is 13.7 Å². The molecule has 118 valence electrons. The van der Waals surface area contributed by atoms with Gasteiger partial charge in [-0.15, -0.1) is 0 Å². The maximum absolute atomic E-state index is 12.7. The molecule has 0 unspecified atom stereocenters. The van der Waals surface area contributed by atoms with Crippen LogP contribution < -0.4 is 14.9 Å². The van der Waals surface area contributed by atoms with Crippen molar-refractivity contribution in [2.45, 2.75) is 6.92 Å². The summed E-state index contributed by atoms with van der Waals surface area (Å²) in [6, 6.07) is 10.1. The van der Waals surface area contributed by atoms with Gasteiger partial charge in [-0.1, -0.05) is 12.1 Å². The molecule has 0 spiro atoms. The summed E-state index contributed by atoms with van der Waals surface area (Å²) in [6.45, 7) is 2.48. The Morgan fingerprint density at radius 3 is 2.52 bits per heavy atom. The van der Waals surface area contributed by atoms with Crippen LogP contribution in [-0.2, 0) is 0 Å². The van der Waals surface area contributed by atoms with Crippen molar-refractivity contribution in [3.8, 4) is 28.4 Å². The second-order valence-corrected chi connectivity index (χ2v) is 4.96. The van der Waals surface area contributed by atoms with Crippen molar-refractivity contribution in [3.63, 3.8) is 0 Å². The van der Waals surface area contributed by atoms with E-state index in [1.165, 1.54) is 19.4 Å². The largest absolute Gasteiger partial charge is 0.507 e. The Kier molecular flexibility index (Phi) is 3.93. The first-order chi connectivity index (χ1) is 11.1. The predicted molar refractivity (Wildman–Crippen MR) is 87.3 cm³/mol. The molecule has 0 amide bonds. The molecule has 2 aromatic carbocycles. The van der Waals surface area contributed by atoms with Crippen LogP contribution in [0.4, 0.5) is 0 Å². The second-order valence-electron chi connectivity index (χ2n) is 4.96. The van der Waals surface area contributed by atoms with Gasteiger partial charge in [0.15, 0.2) is 0 Å². The first-order valence-electron chi connectivity index (χ1n) is 7.19. The average Bonchev–Trinajstić information content (AvgIpc) is 2.56. The van der Waals surface area contributed by atoms with Gasteiger partial charge in [0.25, 0.3) is 0 Å². The van der Waals surface area contributed by atoms with Gasteiger partial charge in [-0.3, -0.25) is 4.79 Å². The zero-order valence-electron chi connectivity index (χ0n) is 12.8. The molecule has 23 heavy (non-hydrogen) atoms. The zero-order valence-corrected chi connectivity index (χ0v) is 12.8. The molecule has 0 fully saturated rings. The highest BCUT2D eigenvalue weighted by atomic mass is 16.5. The third kappa shape index (κ3) is 2.73. The van der Waals surface area contributed by atoms with E-state index in [0.29, 0.717) is 23.5 Å². The van der Waals surface area contributed by atoms with Crippen molar-refractivity contribution in [1.82, 2.24) is 0 Å². The van der Waals surface area contributed by atoms with Crippen molar-refractivity contribution in [1.29, 1.82) is 0 Å². The summed E-state index contributed by atoms with van der Waals surface area (Å²) in [5.41, 5.74) is 1.05. The molecule has 0 bridgehead atoms. The summed E-state index contributed by atoms with van der Waals surface area (Å²) in [5, 5.41) is 10.2. The van der Waals surface area contributed by atoms with Crippen LogP contribution in [0.1, 0.15) is 6.92 Å². The molecule has 1 heterocycles. The Morgan fingerprint density at radius 1 is 1.13 bits per heavy atom. The predicted octanol–water partition coefficient (Wildman–Crippen LogP) is 3.57. The van der Waals surface area contributed by atoms with E-state index in [1.807, 2.05) is 6.92 Å². The van der Waals surface area contributed by atoms with E-state index in [0.717, 1.165) is 5.75 Å². The maximum Gasteiger partial charge on any atom is 0.204 e. The number of aromatic hydroxyl groups is 1. The van der Waals surface area contributed by atoms with Crippen LogP contribution in [0.5, 0.6) is 17.2 Å². The van der Waals surface area contributed by atoms with E-state index in [1.54, 1.807) is 30.3 Å². The molecule has 0 saturated heterocycles. The molecule has 0 saturated carbocycles. The molecule has 0 aliphatic heterocycles. The summed E-state index contributed by atoms with van der Waals surface area (Å²) in [6.07, 6.45) is 1.39. The SMILES string of the molecule is CCOc1ccc(-c2coc3cc(OC)cc(O)c3c2=O)cc1. The molecule has 0 aliphatic carbocycles. The first kappa shape index (κ1) is 15.0. The minimum absolute atomic E-state index is 0.136. The van der Waals surface area contributed by atoms with Crippen LogP contribution >= 0.6 is 0 Å². The van der Waals surface area contributed by atoms with Gasteiger partial charge in [0, 0.05) is 12.1 Å². The fraction of sp³-hybridized carbons (Fsp3) is 0.167. The topological polar surface area (TPSA) is 68.9 Å². The second kappa shape index (κ2) is 6.04. The normalized spacial score (nSPS) is 10.7. The minimum Gasteiger partial charge on any atom is -0.507 e. The Labute approximate surface area is 132 Å². The van der Waals surface area contributed by atoms with E-state index in [4.69, 9.17) is 13.9 Å². The van der Waals surface area contributed by atoms with Gasteiger partial charge in [0.05, 0.1) is 19.3 Å². The summed E-state index contributed by atoms with van der Waals surface area (Å²) in [7, 11) is 1.48. The van der Waals surface area contributed by atoms with Crippen LogP contribution in [-0.4, -0.2) is 18.8 Å². The zero-order chi connectivity index (χ0) is 16.4. The van der Waals surface area contributed by atoms with E-state index in [9.17, 15) is 9.90 Å². The van der Waals surface area contributed by atoms with E-state index < -0.39 is 0 Å². The lowest BCUT2D eigenvalue weighted by molar-refractivity contribution is 0.340. The molecule has 5 heteroatoms. The van der Waals surface area contributed by atoms with Crippen LogP contribution in [0.25, 0.3) is 22.1 Å². The quantitative estimate of drug-likeness (QED) is 0.797. The van der Waals surface area contributed by atoms with Gasteiger partial charge < -0.3 is 19.0 Å². The van der Waals surface area contributed by atoms with Crippen LogP contribution in [0.3, 0.4) is 0 Å². The average molecular weight is 312 g/mol. The Morgan fingerprint density at radius 2 is 1.87 bits per heavy atom. The van der Waals surface area contributed by atoms with E-state index >= 15 is 0 Å². The number of hydrogen-bond acceptors (Lipinski definition) is 5. The number of methoxy groups -OCH3 is 1. The van der Waals surface area contributed by atoms with E-state index in [-0.39, 0.29) is 22.1 Å². The molecular formula is C18H16O5. The summed E-state index contributed by atoms with van der Waals surface area (Å²) in [4.78, 5) is 12.7. The molecule has 1 aromatic heterocycles. The van der Waals surface area contributed by atoms with Gasteiger partial charge in [0.1, 0.15) is 34.5 Å². The van der Waals surface area contributed by atoms with Gasteiger partial charge >= 0.3 is 0 Å². The minimum atomic E-state index is -0.296. The highest BCUT2D eigenvalue weighted by Crippen LogP contribution is 2.30. The van der Waals surface area contributed by atoms with Crippen molar-refractivity contribution >= 4 is 11.0 Å². The Hall–Kier alpha value is -2.95. The Balaban J connectivity index is 2.14. The monoisotopic (exact) mass is 312 g/mol. The number of hydrogen-bond donors (Lipinski definition) is 1. The fourth-order valence-electron chi connectivity index (χ4n) is 2.42. The number of benzene rings is 2. The number of ether oxygens (including phenoxy) is 2. The highest BCUT2D eigenvalue weighted by Gasteiger charge is 2.14. The Bertz CT molecular complexity index is 894. The van der Waals surface area contributed by atoms with Gasteiger partial charge in [-0.05, 0) is 24.6 Å². The van der Waals surface area contributed by atoms with Crippen LogP contribution in [0.2, 0.25) is 0 Å². The lowest BCUT2D eigenvalue weighted by Gasteiger charge is -2.07. The highest BCUT2D eigenvalue weighted by molar-refractivity contribution is 5.88. The number of rotatable bonds is 4. The van der Waals surface area contributed by atoms with Gasteiger partial charge in [0.2, 0.25) is 5.43 Å². The molecular weight excluding hydrogens is 296 g/mol. The van der Waals surface area contributed by atoms with Crippen LogP contribution in [0.15, 0.2) is 51.9 Å². The van der Waals surface area contributed by atoms with Crippen molar-refractivity contribution < 1.29 is 19.0 Å². The number of phenols is 1.